The molecule has 1 heterocycles. The quantitative estimate of drug-likeness (QED) is 0.778. The average Bonchev–Trinajstić information content (AvgIpc) is 2.54. The van der Waals surface area contributed by atoms with E-state index in [1.807, 2.05) is 6.92 Å². The summed E-state index contributed by atoms with van der Waals surface area (Å²) < 4.78 is 1.66. The van der Waals surface area contributed by atoms with Gasteiger partial charge in [-0.15, -0.1) is 0 Å². The zero-order valence-electron chi connectivity index (χ0n) is 9.66. The van der Waals surface area contributed by atoms with Crippen LogP contribution in [0.25, 0.3) is 0 Å². The molecule has 0 bridgehead atoms. The van der Waals surface area contributed by atoms with E-state index in [-0.39, 0.29) is 5.91 Å². The smallest absolute Gasteiger partial charge is 0.254 e. The molecule has 2 N–H and O–H groups in total. The number of aliphatic hydroxyl groups is 1. The highest BCUT2D eigenvalue weighted by molar-refractivity contribution is 5.95. The molecule has 5 heteroatoms. The number of carbonyl (C=O) groups excluding carboxylic acids is 1. The predicted molar refractivity (Wildman–Crippen MR) is 59.1 cm³/mol. The molecule has 0 aromatic carbocycles. The van der Waals surface area contributed by atoms with Crippen molar-refractivity contribution in [2.45, 2.75) is 31.8 Å². The minimum atomic E-state index is -0.675. The minimum Gasteiger partial charge on any atom is -0.388 e. The maximum absolute atomic E-state index is 11.8. The molecule has 1 aromatic heterocycles. The molecule has 5 nitrogen and oxygen atoms in total. The fraction of sp³-hybridized carbons (Fsp3) is 0.636. The van der Waals surface area contributed by atoms with Crippen LogP contribution in [0.1, 0.15) is 35.3 Å². The third-order valence-electron chi connectivity index (χ3n) is 3.34. The summed E-state index contributed by atoms with van der Waals surface area (Å²) in [5, 5.41) is 16.6. The van der Waals surface area contributed by atoms with Crippen molar-refractivity contribution >= 4 is 5.91 Å². The molecule has 88 valence electrons. The Morgan fingerprint density at radius 3 is 2.81 bits per heavy atom. The summed E-state index contributed by atoms with van der Waals surface area (Å²) in [5.41, 5.74) is 0.731. The highest BCUT2D eigenvalue weighted by atomic mass is 16.3. The van der Waals surface area contributed by atoms with Crippen molar-refractivity contribution in [3.63, 3.8) is 0 Å². The topological polar surface area (TPSA) is 67.2 Å². The molecule has 1 amide bonds. The van der Waals surface area contributed by atoms with Gasteiger partial charge >= 0.3 is 0 Å². The maximum Gasteiger partial charge on any atom is 0.254 e. The molecule has 0 atom stereocenters. The van der Waals surface area contributed by atoms with E-state index < -0.39 is 5.60 Å². The van der Waals surface area contributed by atoms with Gasteiger partial charge in [0.1, 0.15) is 0 Å². The zero-order chi connectivity index (χ0) is 11.8. The Balaban J connectivity index is 1.95. The van der Waals surface area contributed by atoms with Gasteiger partial charge in [0.25, 0.3) is 5.91 Å². The molecule has 1 aliphatic carbocycles. The maximum atomic E-state index is 11.8. The van der Waals surface area contributed by atoms with Crippen molar-refractivity contribution < 1.29 is 9.90 Å². The lowest BCUT2D eigenvalue weighted by molar-refractivity contribution is -0.0300. The Morgan fingerprint density at radius 1 is 1.69 bits per heavy atom. The number of nitrogens with one attached hydrogen (secondary N) is 1. The molecule has 1 fully saturated rings. The second-order valence-corrected chi connectivity index (χ2v) is 4.53. The van der Waals surface area contributed by atoms with E-state index in [0.29, 0.717) is 12.1 Å². The minimum absolute atomic E-state index is 0.161. The van der Waals surface area contributed by atoms with Crippen LogP contribution in [0.4, 0.5) is 0 Å². The summed E-state index contributed by atoms with van der Waals surface area (Å²) >= 11 is 0. The SMILES string of the molecule is Cc1c(C(=O)NCC2(O)CCC2)cnn1C. The summed E-state index contributed by atoms with van der Waals surface area (Å²) in [6.07, 6.45) is 4.15. The molecule has 0 unspecified atom stereocenters. The molecule has 1 aromatic rings. The molecule has 0 aliphatic heterocycles. The van der Waals surface area contributed by atoms with Crippen LogP contribution >= 0.6 is 0 Å². The van der Waals surface area contributed by atoms with Crippen molar-refractivity contribution in [3.8, 4) is 0 Å². The monoisotopic (exact) mass is 223 g/mol. The van der Waals surface area contributed by atoms with Crippen LogP contribution in [0.3, 0.4) is 0 Å². The summed E-state index contributed by atoms with van der Waals surface area (Å²) in [5.74, 6) is -0.161. The van der Waals surface area contributed by atoms with E-state index in [2.05, 4.69) is 10.4 Å². The van der Waals surface area contributed by atoms with E-state index in [1.54, 1.807) is 17.9 Å². The molecule has 0 spiro atoms. The van der Waals surface area contributed by atoms with Gasteiger partial charge in [-0.25, -0.2) is 0 Å². The number of amides is 1. The van der Waals surface area contributed by atoms with Gasteiger partial charge < -0.3 is 10.4 Å². The number of hydrogen-bond acceptors (Lipinski definition) is 3. The molecule has 0 radical (unpaired) electrons. The summed E-state index contributed by atoms with van der Waals surface area (Å²) in [6, 6.07) is 0. The van der Waals surface area contributed by atoms with Crippen molar-refractivity contribution in [3.05, 3.63) is 17.5 Å². The van der Waals surface area contributed by atoms with Gasteiger partial charge in [-0.3, -0.25) is 9.48 Å². The lowest BCUT2D eigenvalue weighted by Gasteiger charge is -2.36. The third kappa shape index (κ3) is 1.95. The lowest BCUT2D eigenvalue weighted by Crippen LogP contribution is -2.47. The lowest BCUT2D eigenvalue weighted by atomic mass is 9.80. The fourth-order valence-electron chi connectivity index (χ4n) is 1.82. The number of aromatic nitrogens is 2. The van der Waals surface area contributed by atoms with E-state index in [1.165, 1.54) is 0 Å². The van der Waals surface area contributed by atoms with Crippen LogP contribution < -0.4 is 5.32 Å². The highest BCUT2D eigenvalue weighted by Crippen LogP contribution is 2.30. The second-order valence-electron chi connectivity index (χ2n) is 4.53. The Hall–Kier alpha value is -1.36. The van der Waals surface area contributed by atoms with Crippen LogP contribution in [-0.4, -0.2) is 32.9 Å². The van der Waals surface area contributed by atoms with Gasteiger partial charge in [0.05, 0.1) is 17.4 Å². The van der Waals surface area contributed by atoms with Crippen molar-refractivity contribution in [1.82, 2.24) is 15.1 Å². The third-order valence-corrected chi connectivity index (χ3v) is 3.34. The first-order valence-corrected chi connectivity index (χ1v) is 5.51. The van der Waals surface area contributed by atoms with Gasteiger partial charge in [-0.2, -0.15) is 5.10 Å². The van der Waals surface area contributed by atoms with Crippen LogP contribution in [0, 0.1) is 6.92 Å². The van der Waals surface area contributed by atoms with Crippen LogP contribution in [0.5, 0.6) is 0 Å². The molecule has 1 aliphatic rings. The van der Waals surface area contributed by atoms with Gasteiger partial charge in [0.2, 0.25) is 0 Å². The number of aryl methyl sites for hydroxylation is 1. The largest absolute Gasteiger partial charge is 0.388 e. The van der Waals surface area contributed by atoms with E-state index in [9.17, 15) is 9.90 Å². The van der Waals surface area contributed by atoms with Gasteiger partial charge in [-0.1, -0.05) is 0 Å². The van der Waals surface area contributed by atoms with Crippen LogP contribution in [0.2, 0.25) is 0 Å². The zero-order valence-corrected chi connectivity index (χ0v) is 9.66. The number of carbonyl (C=O) groups is 1. The molecule has 1 saturated carbocycles. The molecule has 2 rings (SSSR count). The fourth-order valence-corrected chi connectivity index (χ4v) is 1.82. The standard InChI is InChI=1S/C11H17N3O2/c1-8-9(6-13-14(8)2)10(15)12-7-11(16)4-3-5-11/h6,16H,3-5,7H2,1-2H3,(H,12,15). The summed E-state index contributed by atoms with van der Waals surface area (Å²) in [6.45, 7) is 2.18. The van der Waals surface area contributed by atoms with Crippen molar-refractivity contribution in [1.29, 1.82) is 0 Å². The van der Waals surface area contributed by atoms with Gasteiger partial charge in [0.15, 0.2) is 0 Å². The number of rotatable bonds is 3. The van der Waals surface area contributed by atoms with Crippen LogP contribution in [-0.2, 0) is 7.05 Å². The Labute approximate surface area is 94.5 Å². The summed E-state index contributed by atoms with van der Waals surface area (Å²) in [4.78, 5) is 11.8. The normalized spacial score (nSPS) is 17.9. The van der Waals surface area contributed by atoms with Gasteiger partial charge in [0, 0.05) is 19.3 Å². The first-order chi connectivity index (χ1) is 7.52. The molecule has 0 saturated heterocycles. The first-order valence-electron chi connectivity index (χ1n) is 5.51. The summed E-state index contributed by atoms with van der Waals surface area (Å²) in [7, 11) is 1.80. The number of nitrogens with zero attached hydrogens (tertiary/aromatic N) is 2. The molecule has 16 heavy (non-hydrogen) atoms. The Kier molecular flexibility index (Phi) is 2.71. The van der Waals surface area contributed by atoms with E-state index in [4.69, 9.17) is 0 Å². The number of hydrogen-bond donors (Lipinski definition) is 2. The average molecular weight is 223 g/mol. The second kappa shape index (κ2) is 3.90. The van der Waals surface area contributed by atoms with Crippen molar-refractivity contribution in [2.75, 3.05) is 6.54 Å². The Morgan fingerprint density at radius 2 is 2.38 bits per heavy atom. The van der Waals surface area contributed by atoms with Gasteiger partial charge in [-0.05, 0) is 26.2 Å². The first kappa shape index (κ1) is 11.1. The predicted octanol–water partition coefficient (Wildman–Crippen LogP) is 0.373. The van der Waals surface area contributed by atoms with E-state index >= 15 is 0 Å². The molecular weight excluding hydrogens is 206 g/mol. The Bertz CT molecular complexity index is 407. The van der Waals surface area contributed by atoms with Crippen LogP contribution in [0.15, 0.2) is 6.20 Å². The van der Waals surface area contributed by atoms with Crippen molar-refractivity contribution in [2.24, 2.45) is 7.05 Å². The highest BCUT2D eigenvalue weighted by Gasteiger charge is 2.34. The molecular formula is C11H17N3O2. The van der Waals surface area contributed by atoms with E-state index in [0.717, 1.165) is 25.0 Å².